The lowest BCUT2D eigenvalue weighted by Gasteiger charge is -2.35. The third kappa shape index (κ3) is 6.07. The number of hydrogen-bond donors (Lipinski definition) is 1. The predicted molar refractivity (Wildman–Crippen MR) is 255 cm³/mol. The topological polar surface area (TPSA) is 19.0 Å². The van der Waals surface area contributed by atoms with E-state index in [9.17, 15) is 0 Å². The third-order valence-electron chi connectivity index (χ3n) is 12.3. The smallest absolute Gasteiger partial charge is 0.211 e. The van der Waals surface area contributed by atoms with Crippen LogP contribution < -0.4 is 15.1 Å². The normalized spacial score (nSPS) is 13.4. The first-order valence-corrected chi connectivity index (χ1v) is 21.5. The van der Waals surface area contributed by atoms with E-state index in [0.29, 0.717) is 0 Å². The number of thiophene rings is 1. The molecule has 0 fully saturated rings. The number of hydrogen-bond acceptors (Lipinski definition) is 2. The predicted octanol–water partition coefficient (Wildman–Crippen LogP) is 14.4. The lowest BCUT2D eigenvalue weighted by molar-refractivity contribution is 0.590. The highest BCUT2D eigenvalue weighted by Crippen LogP contribution is 2.47. The fourth-order valence-electron chi connectivity index (χ4n) is 8.86. The first-order chi connectivity index (χ1) is 27.6. The molecule has 1 aliphatic heterocycles. The van der Waals surface area contributed by atoms with Crippen LogP contribution in [-0.4, -0.2) is 12.3 Å². The molecule has 1 N–H and O–H groups in total. The standard InChI is InChI=1S/C54H50BN2S/c1-52(2,3)36-19-22-39(23-20-36)57-46-28-35(32-15-11-10-12-16-32)26-41(48(46)55-51-50(57)44-29-37(53(4,5)6)21-24-47(44)58-51)43-31-38(54(7,8)9)30-42-40-25-33-17-13-14-18-34(33)27-45(40)56-49(42)43/h10-31,56H,1-9H3. The van der Waals surface area contributed by atoms with E-state index in [-0.39, 0.29) is 16.2 Å². The largest absolute Gasteiger partial charge is 0.354 e. The van der Waals surface area contributed by atoms with Crippen molar-refractivity contribution in [2.75, 3.05) is 4.90 Å². The molecular formula is C54H50BN2S. The van der Waals surface area contributed by atoms with Crippen LogP contribution in [0.2, 0.25) is 0 Å². The highest BCUT2D eigenvalue weighted by molar-refractivity contribution is 7.29. The van der Waals surface area contributed by atoms with Gasteiger partial charge in [0, 0.05) is 43.3 Å². The fraction of sp³-hybridized carbons (Fsp3) is 0.222. The minimum Gasteiger partial charge on any atom is -0.354 e. The Balaban J connectivity index is 1.32. The quantitative estimate of drug-likeness (QED) is 0.177. The number of nitrogens with one attached hydrogen (secondary N) is 1. The molecule has 3 heterocycles. The Morgan fingerprint density at radius 1 is 0.517 bits per heavy atom. The van der Waals surface area contributed by atoms with E-state index >= 15 is 0 Å². The number of aromatic nitrogens is 1. The van der Waals surface area contributed by atoms with Gasteiger partial charge in [-0.05, 0) is 131 Å². The van der Waals surface area contributed by atoms with Crippen molar-refractivity contribution < 1.29 is 0 Å². The summed E-state index contributed by atoms with van der Waals surface area (Å²) >= 11 is 1.90. The number of benzene rings is 7. The Bertz CT molecular complexity index is 3070. The van der Waals surface area contributed by atoms with Gasteiger partial charge in [-0.1, -0.05) is 135 Å². The fourth-order valence-corrected chi connectivity index (χ4v) is 9.97. The van der Waals surface area contributed by atoms with E-state index in [1.165, 1.54) is 109 Å². The van der Waals surface area contributed by atoms with Crippen molar-refractivity contribution in [3.63, 3.8) is 0 Å². The Morgan fingerprint density at radius 2 is 1.16 bits per heavy atom. The molecule has 2 aromatic heterocycles. The van der Waals surface area contributed by atoms with Crippen molar-refractivity contribution in [2.24, 2.45) is 0 Å². The highest BCUT2D eigenvalue weighted by Gasteiger charge is 2.33. The minimum absolute atomic E-state index is 0.0288. The monoisotopic (exact) mass is 769 g/mol. The van der Waals surface area contributed by atoms with Crippen molar-refractivity contribution in [2.45, 2.75) is 78.6 Å². The van der Waals surface area contributed by atoms with Gasteiger partial charge >= 0.3 is 0 Å². The van der Waals surface area contributed by atoms with Crippen LogP contribution in [0.5, 0.6) is 0 Å². The van der Waals surface area contributed by atoms with Gasteiger partial charge in [0.25, 0.3) is 0 Å². The van der Waals surface area contributed by atoms with Crippen LogP contribution in [0, 0.1) is 0 Å². The molecule has 0 saturated heterocycles. The molecule has 0 amide bonds. The third-order valence-corrected chi connectivity index (χ3v) is 13.4. The second-order valence-corrected chi connectivity index (χ2v) is 20.5. The van der Waals surface area contributed by atoms with Crippen molar-refractivity contribution >= 4 is 88.6 Å². The number of nitrogens with zero attached hydrogens (tertiary/aromatic N) is 1. The Kier molecular flexibility index (Phi) is 8.21. The van der Waals surface area contributed by atoms with Crippen LogP contribution in [0.3, 0.4) is 0 Å². The molecule has 2 nitrogen and oxygen atoms in total. The molecule has 9 aromatic rings. The molecule has 10 rings (SSSR count). The van der Waals surface area contributed by atoms with Gasteiger partial charge in [0.1, 0.15) is 0 Å². The van der Waals surface area contributed by atoms with Crippen LogP contribution in [0.1, 0.15) is 79.0 Å². The average Bonchev–Trinajstić information content (AvgIpc) is 3.75. The first kappa shape index (κ1) is 36.7. The molecule has 0 saturated carbocycles. The molecule has 0 bridgehead atoms. The number of H-pyrrole nitrogens is 1. The van der Waals surface area contributed by atoms with E-state index in [1.807, 2.05) is 11.3 Å². The van der Waals surface area contributed by atoms with Crippen LogP contribution in [0.4, 0.5) is 17.1 Å². The summed E-state index contributed by atoms with van der Waals surface area (Å²) in [5.41, 5.74) is 16.1. The molecule has 7 aromatic carbocycles. The average molecular weight is 770 g/mol. The molecule has 4 heteroatoms. The Labute approximate surface area is 347 Å². The maximum absolute atomic E-state index is 3.98. The molecule has 58 heavy (non-hydrogen) atoms. The zero-order chi connectivity index (χ0) is 40.3. The number of fused-ring (bicyclic) bond motifs is 8. The molecule has 1 radical (unpaired) electrons. The van der Waals surface area contributed by atoms with Crippen LogP contribution in [-0.2, 0) is 16.2 Å². The van der Waals surface area contributed by atoms with Crippen LogP contribution >= 0.6 is 11.3 Å². The molecule has 0 aliphatic carbocycles. The van der Waals surface area contributed by atoms with Gasteiger partial charge < -0.3 is 9.88 Å². The van der Waals surface area contributed by atoms with E-state index < -0.39 is 0 Å². The van der Waals surface area contributed by atoms with Crippen LogP contribution in [0.15, 0.2) is 133 Å². The molecule has 1 aliphatic rings. The second-order valence-electron chi connectivity index (χ2n) is 19.4. The summed E-state index contributed by atoms with van der Waals surface area (Å²) in [7, 11) is 2.49. The molecular weight excluding hydrogens is 719 g/mol. The summed E-state index contributed by atoms with van der Waals surface area (Å²) in [6.07, 6.45) is 0. The Morgan fingerprint density at radius 3 is 1.84 bits per heavy atom. The molecule has 0 spiro atoms. The lowest BCUT2D eigenvalue weighted by atomic mass is 9.61. The van der Waals surface area contributed by atoms with Gasteiger partial charge in [-0.25, -0.2) is 0 Å². The van der Waals surface area contributed by atoms with Crippen LogP contribution in [0.25, 0.3) is 64.9 Å². The number of rotatable bonds is 3. The summed E-state index contributed by atoms with van der Waals surface area (Å²) in [5, 5.41) is 6.34. The van der Waals surface area contributed by atoms with E-state index in [0.717, 1.165) is 0 Å². The summed E-state index contributed by atoms with van der Waals surface area (Å²) in [6.45, 7) is 20.8. The molecule has 0 atom stereocenters. The summed E-state index contributed by atoms with van der Waals surface area (Å²) < 4.78 is 2.59. The first-order valence-electron chi connectivity index (χ1n) is 20.7. The van der Waals surface area contributed by atoms with Gasteiger partial charge in [-0.15, -0.1) is 11.3 Å². The zero-order valence-corrected chi connectivity index (χ0v) is 36.0. The number of anilines is 3. The van der Waals surface area contributed by atoms with Gasteiger partial charge in [0.15, 0.2) is 0 Å². The zero-order valence-electron chi connectivity index (χ0n) is 35.1. The number of aromatic amines is 1. The van der Waals surface area contributed by atoms with Gasteiger partial charge in [-0.2, -0.15) is 0 Å². The minimum atomic E-state index is -0.0611. The van der Waals surface area contributed by atoms with Crippen molar-refractivity contribution in [1.29, 1.82) is 0 Å². The van der Waals surface area contributed by atoms with Gasteiger partial charge in [-0.3, -0.25) is 0 Å². The second kappa shape index (κ2) is 13.0. The van der Waals surface area contributed by atoms with Crippen molar-refractivity contribution in [1.82, 2.24) is 4.98 Å². The molecule has 285 valence electrons. The van der Waals surface area contributed by atoms with E-state index in [4.69, 9.17) is 0 Å². The lowest BCUT2D eigenvalue weighted by Crippen LogP contribution is -2.39. The van der Waals surface area contributed by atoms with Gasteiger partial charge in [0.2, 0.25) is 7.28 Å². The Hall–Kier alpha value is -5.58. The summed E-state index contributed by atoms with van der Waals surface area (Å²) in [6, 6.07) is 50.6. The SMILES string of the molecule is CC(C)(C)c1ccc(N2c3cc(-c4ccccc4)cc(-c4cc(C(C)(C)C)cc5c4[nH]c4cc6ccccc6cc45)c3[B]c3sc4ccc(C(C)(C)C)cc4c32)cc1. The highest BCUT2D eigenvalue weighted by atomic mass is 32.1. The summed E-state index contributed by atoms with van der Waals surface area (Å²) in [4.78, 5) is 6.55. The molecule has 0 unspecified atom stereocenters. The maximum Gasteiger partial charge on any atom is 0.211 e. The van der Waals surface area contributed by atoms with E-state index in [2.05, 4.69) is 213 Å². The van der Waals surface area contributed by atoms with E-state index in [1.54, 1.807) is 0 Å². The van der Waals surface area contributed by atoms with Gasteiger partial charge in [0.05, 0.1) is 11.2 Å². The van der Waals surface area contributed by atoms with Crippen molar-refractivity contribution in [3.8, 4) is 22.3 Å². The maximum atomic E-state index is 3.98. The van der Waals surface area contributed by atoms with Crippen molar-refractivity contribution in [3.05, 3.63) is 150 Å². The summed E-state index contributed by atoms with van der Waals surface area (Å²) in [5.74, 6) is 0.